The van der Waals surface area contributed by atoms with Crippen LogP contribution < -0.4 is 11.1 Å². The van der Waals surface area contributed by atoms with E-state index in [4.69, 9.17) is 10.8 Å². The highest BCUT2D eigenvalue weighted by Crippen LogP contribution is 2.15. The van der Waals surface area contributed by atoms with Crippen LogP contribution >= 0.6 is 11.3 Å². The number of primary amides is 1. The molecule has 0 radical (unpaired) electrons. The van der Waals surface area contributed by atoms with Gasteiger partial charge in [-0.1, -0.05) is 11.8 Å². The zero-order chi connectivity index (χ0) is 13.5. The normalized spacial score (nSPS) is 11.2. The highest BCUT2D eigenvalue weighted by atomic mass is 32.1. The second kappa shape index (κ2) is 6.79. The molecule has 1 aromatic heterocycles. The number of carbonyl (C=O) groups is 2. The molecule has 0 saturated heterocycles. The first-order valence-corrected chi connectivity index (χ1v) is 6.13. The van der Waals surface area contributed by atoms with Gasteiger partial charge in [0.25, 0.3) is 5.91 Å². The molecule has 0 fully saturated rings. The number of aliphatic hydroxyl groups excluding tert-OH is 1. The summed E-state index contributed by atoms with van der Waals surface area (Å²) in [6.07, 6.45) is 0.105. The zero-order valence-electron chi connectivity index (χ0n) is 9.90. The van der Waals surface area contributed by atoms with Crippen molar-refractivity contribution in [3.05, 3.63) is 21.9 Å². The first-order chi connectivity index (χ1) is 8.52. The summed E-state index contributed by atoms with van der Waals surface area (Å²) in [7, 11) is 0. The Morgan fingerprint density at radius 2 is 2.28 bits per heavy atom. The molecule has 96 valence electrons. The topological polar surface area (TPSA) is 92.4 Å². The van der Waals surface area contributed by atoms with Crippen LogP contribution in [0.1, 0.15) is 27.9 Å². The molecular formula is C12H14N2O3S. The van der Waals surface area contributed by atoms with E-state index in [1.54, 1.807) is 19.1 Å². The van der Waals surface area contributed by atoms with Gasteiger partial charge in [0.1, 0.15) is 6.61 Å². The summed E-state index contributed by atoms with van der Waals surface area (Å²) in [6.45, 7) is 1.50. The van der Waals surface area contributed by atoms with E-state index in [0.29, 0.717) is 9.75 Å². The van der Waals surface area contributed by atoms with E-state index in [0.717, 1.165) is 0 Å². The third-order valence-corrected chi connectivity index (χ3v) is 3.00. The summed E-state index contributed by atoms with van der Waals surface area (Å²) in [5, 5.41) is 11.2. The Labute approximate surface area is 109 Å². The van der Waals surface area contributed by atoms with E-state index in [-0.39, 0.29) is 25.0 Å². The summed E-state index contributed by atoms with van der Waals surface area (Å²) in [5.74, 6) is 4.51. The number of hydrogen-bond acceptors (Lipinski definition) is 4. The summed E-state index contributed by atoms with van der Waals surface area (Å²) in [4.78, 5) is 23.7. The smallest absolute Gasteiger partial charge is 0.261 e. The molecule has 6 heteroatoms. The van der Waals surface area contributed by atoms with Crippen molar-refractivity contribution >= 4 is 23.2 Å². The molecule has 1 aromatic rings. The van der Waals surface area contributed by atoms with Crippen molar-refractivity contribution in [1.29, 1.82) is 0 Å². The van der Waals surface area contributed by atoms with Gasteiger partial charge in [-0.3, -0.25) is 9.59 Å². The van der Waals surface area contributed by atoms with Crippen molar-refractivity contribution in [2.75, 3.05) is 6.61 Å². The molecule has 0 spiro atoms. The van der Waals surface area contributed by atoms with E-state index in [9.17, 15) is 9.59 Å². The van der Waals surface area contributed by atoms with Crippen molar-refractivity contribution in [2.45, 2.75) is 19.4 Å². The van der Waals surface area contributed by atoms with Crippen molar-refractivity contribution in [1.82, 2.24) is 5.32 Å². The van der Waals surface area contributed by atoms with Crippen LogP contribution in [0.15, 0.2) is 12.1 Å². The minimum atomic E-state index is -0.455. The van der Waals surface area contributed by atoms with Crippen molar-refractivity contribution < 1.29 is 14.7 Å². The first kappa shape index (κ1) is 14.2. The summed E-state index contributed by atoms with van der Waals surface area (Å²) < 4.78 is 0. The number of thiophene rings is 1. The highest BCUT2D eigenvalue weighted by Gasteiger charge is 2.13. The standard InChI is InChI=1S/C12H14N2O3S/c1-8(7-11(13)16)14-12(17)10-5-4-9(18-10)3-2-6-15/h4-5,8,15H,6-7H2,1H3,(H2,13,16)(H,14,17). The van der Waals surface area contributed by atoms with Gasteiger partial charge in [0.2, 0.25) is 5.91 Å². The summed E-state index contributed by atoms with van der Waals surface area (Å²) in [5.41, 5.74) is 5.04. The quantitative estimate of drug-likeness (QED) is 0.674. The maximum Gasteiger partial charge on any atom is 0.261 e. The van der Waals surface area contributed by atoms with Crippen LogP contribution in [0.2, 0.25) is 0 Å². The third kappa shape index (κ3) is 4.57. The fourth-order valence-electron chi connectivity index (χ4n) is 1.30. The van der Waals surface area contributed by atoms with Gasteiger partial charge in [0.05, 0.1) is 9.75 Å². The number of nitrogens with one attached hydrogen (secondary N) is 1. The van der Waals surface area contributed by atoms with Crippen LogP contribution in [-0.2, 0) is 4.79 Å². The number of carbonyl (C=O) groups excluding carboxylic acids is 2. The Hall–Kier alpha value is -1.84. The number of amides is 2. The molecule has 2 amide bonds. The van der Waals surface area contributed by atoms with Crippen LogP contribution in [-0.4, -0.2) is 29.6 Å². The van der Waals surface area contributed by atoms with Gasteiger partial charge in [-0.05, 0) is 19.1 Å². The number of hydrogen-bond donors (Lipinski definition) is 3. The molecule has 1 atom stereocenters. The molecule has 0 aliphatic heterocycles. The van der Waals surface area contributed by atoms with E-state index < -0.39 is 5.91 Å². The highest BCUT2D eigenvalue weighted by molar-refractivity contribution is 7.14. The van der Waals surface area contributed by atoms with Crippen molar-refractivity contribution in [3.63, 3.8) is 0 Å². The fraction of sp³-hybridized carbons (Fsp3) is 0.333. The molecule has 0 saturated carbocycles. The van der Waals surface area contributed by atoms with Gasteiger partial charge < -0.3 is 16.2 Å². The molecule has 0 aliphatic carbocycles. The van der Waals surface area contributed by atoms with Crippen LogP contribution in [0.4, 0.5) is 0 Å². The van der Waals surface area contributed by atoms with E-state index >= 15 is 0 Å². The molecule has 1 unspecified atom stereocenters. The molecule has 0 aliphatic rings. The van der Waals surface area contributed by atoms with E-state index in [1.165, 1.54) is 11.3 Å². The average molecular weight is 266 g/mol. The fourth-order valence-corrected chi connectivity index (χ4v) is 2.09. The largest absolute Gasteiger partial charge is 0.384 e. The molecule has 4 N–H and O–H groups in total. The van der Waals surface area contributed by atoms with Crippen LogP contribution in [0.5, 0.6) is 0 Å². The van der Waals surface area contributed by atoms with Crippen LogP contribution in [0.25, 0.3) is 0 Å². The number of nitrogens with two attached hydrogens (primary N) is 1. The third-order valence-electron chi connectivity index (χ3n) is 2.01. The van der Waals surface area contributed by atoms with Gasteiger partial charge in [0.15, 0.2) is 0 Å². The van der Waals surface area contributed by atoms with Crippen LogP contribution in [0, 0.1) is 11.8 Å². The van der Waals surface area contributed by atoms with Crippen molar-refractivity contribution in [3.8, 4) is 11.8 Å². The van der Waals surface area contributed by atoms with Gasteiger partial charge in [-0.25, -0.2) is 0 Å². The zero-order valence-corrected chi connectivity index (χ0v) is 10.7. The lowest BCUT2D eigenvalue weighted by molar-refractivity contribution is -0.118. The molecule has 18 heavy (non-hydrogen) atoms. The molecule has 0 aromatic carbocycles. The van der Waals surface area contributed by atoms with E-state index in [1.807, 2.05) is 0 Å². The predicted molar refractivity (Wildman–Crippen MR) is 69.0 cm³/mol. The lowest BCUT2D eigenvalue weighted by atomic mass is 10.2. The Morgan fingerprint density at radius 1 is 1.56 bits per heavy atom. The van der Waals surface area contributed by atoms with Gasteiger partial charge in [-0.15, -0.1) is 11.3 Å². The second-order valence-corrected chi connectivity index (χ2v) is 4.75. The Morgan fingerprint density at radius 3 is 2.89 bits per heavy atom. The molecule has 0 bridgehead atoms. The minimum Gasteiger partial charge on any atom is -0.384 e. The van der Waals surface area contributed by atoms with Crippen molar-refractivity contribution in [2.24, 2.45) is 5.73 Å². The summed E-state index contributed by atoms with van der Waals surface area (Å²) in [6, 6.07) is 3.06. The Balaban J connectivity index is 2.61. The number of rotatable bonds is 4. The minimum absolute atomic E-state index is 0.105. The maximum absolute atomic E-state index is 11.8. The maximum atomic E-state index is 11.8. The van der Waals surface area contributed by atoms with Gasteiger partial charge in [0, 0.05) is 12.5 Å². The van der Waals surface area contributed by atoms with Gasteiger partial charge >= 0.3 is 0 Å². The second-order valence-electron chi connectivity index (χ2n) is 3.67. The van der Waals surface area contributed by atoms with Crippen LogP contribution in [0.3, 0.4) is 0 Å². The monoisotopic (exact) mass is 266 g/mol. The number of aliphatic hydroxyl groups is 1. The summed E-state index contributed by atoms with van der Waals surface area (Å²) >= 11 is 1.23. The Bertz CT molecular complexity index is 499. The Kier molecular flexibility index (Phi) is 5.36. The molecule has 1 heterocycles. The lowest BCUT2D eigenvalue weighted by Crippen LogP contribution is -2.35. The van der Waals surface area contributed by atoms with Gasteiger partial charge in [-0.2, -0.15) is 0 Å². The average Bonchev–Trinajstić information content (AvgIpc) is 2.73. The predicted octanol–water partition coefficient (Wildman–Crippen LogP) is 0.0856. The molecule has 5 nitrogen and oxygen atoms in total. The SMILES string of the molecule is CC(CC(N)=O)NC(=O)c1ccc(C#CCO)s1. The van der Waals surface area contributed by atoms with E-state index in [2.05, 4.69) is 17.2 Å². The first-order valence-electron chi connectivity index (χ1n) is 5.31. The lowest BCUT2D eigenvalue weighted by Gasteiger charge is -2.10. The molecular weight excluding hydrogens is 252 g/mol. The molecule has 1 rings (SSSR count).